The van der Waals surface area contributed by atoms with Gasteiger partial charge in [0, 0.05) is 18.2 Å². The largest absolute Gasteiger partial charge is 0.497 e. The van der Waals surface area contributed by atoms with Gasteiger partial charge >= 0.3 is 13.2 Å². The van der Waals surface area contributed by atoms with Gasteiger partial charge in [-0.3, -0.25) is 0 Å². The van der Waals surface area contributed by atoms with Crippen LogP contribution in [0.25, 0.3) is 6.08 Å². The number of nitrogens with one attached hydrogen (secondary N) is 1. The Labute approximate surface area is 188 Å². The molecule has 0 bridgehead atoms. The zero-order valence-electron chi connectivity index (χ0n) is 19.1. The molecule has 6 nitrogen and oxygen atoms in total. The predicted octanol–water partition coefficient (Wildman–Crippen LogP) is 4.78. The van der Waals surface area contributed by atoms with Gasteiger partial charge < -0.3 is 24.1 Å². The highest BCUT2D eigenvalue weighted by Gasteiger charge is 2.52. The molecule has 0 aliphatic carbocycles. The van der Waals surface area contributed by atoms with Gasteiger partial charge in [-0.15, -0.1) is 0 Å². The lowest BCUT2D eigenvalue weighted by Crippen LogP contribution is -2.41. The summed E-state index contributed by atoms with van der Waals surface area (Å²) in [5.41, 5.74) is 0.607. The fraction of sp³-hybridized carbons (Fsp3) is 0.375. The van der Waals surface area contributed by atoms with Crippen molar-refractivity contribution in [3.63, 3.8) is 0 Å². The Kier molecular flexibility index (Phi) is 7.26. The smallest absolute Gasteiger partial charge is 0.492 e. The van der Waals surface area contributed by atoms with Crippen LogP contribution in [0.15, 0.2) is 54.0 Å². The van der Waals surface area contributed by atoms with Crippen molar-refractivity contribution in [2.75, 3.05) is 13.7 Å². The second-order valence-electron chi connectivity index (χ2n) is 8.61. The highest BCUT2D eigenvalue weighted by atomic mass is 19.1. The van der Waals surface area contributed by atoms with E-state index < -0.39 is 30.2 Å². The maximum absolute atomic E-state index is 14.6. The summed E-state index contributed by atoms with van der Waals surface area (Å²) in [6.45, 7) is 7.94. The van der Waals surface area contributed by atoms with Crippen LogP contribution < -0.4 is 10.1 Å². The molecule has 0 radical (unpaired) electrons. The number of amides is 1. The SMILES string of the molecule is COc1ccc(C=C(CNC(=O)OCc2ccccc2)B2OC(C)(C)C(C)(C)O2)c(F)c1. The third kappa shape index (κ3) is 5.69. The van der Waals surface area contributed by atoms with Gasteiger partial charge in [-0.05, 0) is 50.9 Å². The van der Waals surface area contributed by atoms with E-state index in [1.807, 2.05) is 58.0 Å². The molecular formula is C24H29BFNO5. The molecule has 8 heteroatoms. The number of carbonyl (C=O) groups excluding carboxylic acids is 1. The average molecular weight is 441 g/mol. The van der Waals surface area contributed by atoms with Crippen LogP contribution in [0.5, 0.6) is 5.75 Å². The van der Waals surface area contributed by atoms with Gasteiger partial charge in [0.2, 0.25) is 0 Å². The molecular weight excluding hydrogens is 412 g/mol. The highest BCUT2D eigenvalue weighted by molar-refractivity contribution is 6.56. The van der Waals surface area contributed by atoms with Crippen LogP contribution in [-0.4, -0.2) is 38.1 Å². The first-order chi connectivity index (χ1) is 15.1. The van der Waals surface area contributed by atoms with Crippen molar-refractivity contribution in [1.82, 2.24) is 5.32 Å². The van der Waals surface area contributed by atoms with E-state index in [9.17, 15) is 9.18 Å². The van der Waals surface area contributed by atoms with E-state index in [0.717, 1.165) is 5.56 Å². The van der Waals surface area contributed by atoms with Gasteiger partial charge in [0.1, 0.15) is 18.2 Å². The summed E-state index contributed by atoms with van der Waals surface area (Å²) in [5, 5.41) is 2.71. The summed E-state index contributed by atoms with van der Waals surface area (Å²) in [7, 11) is 0.723. The standard InChI is InChI=1S/C24H29BFNO5/c1-23(2)24(3,4)32-25(31-23)19(13-18-11-12-20(29-5)14-21(18)26)15-27-22(28)30-16-17-9-7-6-8-10-17/h6-14H,15-16H2,1-5H3,(H,27,28). The van der Waals surface area contributed by atoms with Crippen LogP contribution in [0.1, 0.15) is 38.8 Å². The number of hydrogen-bond donors (Lipinski definition) is 1. The summed E-state index contributed by atoms with van der Waals surface area (Å²) >= 11 is 0. The molecule has 2 aromatic rings. The van der Waals surface area contributed by atoms with Crippen molar-refractivity contribution in [2.24, 2.45) is 0 Å². The maximum Gasteiger partial charge on any atom is 0.492 e. The van der Waals surface area contributed by atoms with Gasteiger partial charge in [0.15, 0.2) is 0 Å². The fourth-order valence-corrected chi connectivity index (χ4v) is 3.10. The van der Waals surface area contributed by atoms with E-state index in [-0.39, 0.29) is 13.2 Å². The Hall–Kier alpha value is -2.84. The minimum absolute atomic E-state index is 0.0654. The van der Waals surface area contributed by atoms with Crippen LogP contribution in [0.4, 0.5) is 9.18 Å². The Morgan fingerprint density at radius 1 is 1.09 bits per heavy atom. The Bertz CT molecular complexity index is 962. The molecule has 0 saturated carbocycles. The number of rotatable bonds is 7. The molecule has 3 rings (SSSR count). The van der Waals surface area contributed by atoms with Crippen molar-refractivity contribution in [3.05, 3.63) is 70.9 Å². The first-order valence-corrected chi connectivity index (χ1v) is 10.5. The molecule has 1 saturated heterocycles. The molecule has 0 spiro atoms. The number of methoxy groups -OCH3 is 1. The molecule has 1 N–H and O–H groups in total. The molecule has 0 unspecified atom stereocenters. The van der Waals surface area contributed by atoms with Crippen LogP contribution in [0.2, 0.25) is 0 Å². The molecule has 1 fully saturated rings. The number of alkyl carbamates (subject to hydrolysis) is 1. The van der Waals surface area contributed by atoms with Gasteiger partial charge in [-0.25, -0.2) is 9.18 Å². The summed E-state index contributed by atoms with van der Waals surface area (Å²) in [4.78, 5) is 12.3. The second-order valence-corrected chi connectivity index (χ2v) is 8.61. The molecule has 32 heavy (non-hydrogen) atoms. The fourth-order valence-electron chi connectivity index (χ4n) is 3.10. The van der Waals surface area contributed by atoms with E-state index in [4.69, 9.17) is 18.8 Å². The molecule has 0 atom stereocenters. The Balaban J connectivity index is 1.76. The zero-order valence-corrected chi connectivity index (χ0v) is 19.1. The maximum atomic E-state index is 14.6. The van der Waals surface area contributed by atoms with Crippen molar-refractivity contribution in [1.29, 1.82) is 0 Å². The molecule has 1 aliphatic heterocycles. The van der Waals surface area contributed by atoms with Crippen molar-refractivity contribution >= 4 is 19.3 Å². The minimum atomic E-state index is -0.754. The van der Waals surface area contributed by atoms with Gasteiger partial charge in [-0.2, -0.15) is 0 Å². The molecule has 170 valence electrons. The number of hydrogen-bond acceptors (Lipinski definition) is 5. The zero-order chi connectivity index (χ0) is 23.4. The van der Waals surface area contributed by atoms with E-state index >= 15 is 0 Å². The Morgan fingerprint density at radius 2 is 1.75 bits per heavy atom. The van der Waals surface area contributed by atoms with E-state index in [1.165, 1.54) is 13.2 Å². The third-order valence-corrected chi connectivity index (χ3v) is 5.75. The third-order valence-electron chi connectivity index (χ3n) is 5.75. The summed E-state index contributed by atoms with van der Waals surface area (Å²) < 4.78 is 37.2. The second kappa shape index (κ2) is 9.75. The lowest BCUT2D eigenvalue weighted by molar-refractivity contribution is 0.00578. The quantitative estimate of drug-likeness (QED) is 0.627. The van der Waals surface area contributed by atoms with Crippen LogP contribution in [-0.2, 0) is 20.7 Å². The monoisotopic (exact) mass is 441 g/mol. The van der Waals surface area contributed by atoms with Crippen molar-refractivity contribution in [2.45, 2.75) is 45.5 Å². The van der Waals surface area contributed by atoms with Crippen molar-refractivity contribution in [3.8, 4) is 5.75 Å². The number of halogens is 1. The minimum Gasteiger partial charge on any atom is -0.497 e. The van der Waals surface area contributed by atoms with Crippen LogP contribution in [0, 0.1) is 5.82 Å². The first kappa shape index (κ1) is 23.8. The number of carbonyl (C=O) groups is 1. The first-order valence-electron chi connectivity index (χ1n) is 10.5. The summed E-state index contributed by atoms with van der Waals surface area (Å²) in [6, 6.07) is 14.0. The Morgan fingerprint density at radius 3 is 2.34 bits per heavy atom. The van der Waals surface area contributed by atoms with Gasteiger partial charge in [-0.1, -0.05) is 36.4 Å². The predicted molar refractivity (Wildman–Crippen MR) is 122 cm³/mol. The molecule has 1 aliphatic rings. The van der Waals surface area contributed by atoms with E-state index in [0.29, 0.717) is 16.8 Å². The lowest BCUT2D eigenvalue weighted by atomic mass is 9.77. The topological polar surface area (TPSA) is 66.0 Å². The van der Waals surface area contributed by atoms with Gasteiger partial charge in [0.25, 0.3) is 0 Å². The van der Waals surface area contributed by atoms with E-state index in [2.05, 4.69) is 5.32 Å². The highest BCUT2D eigenvalue weighted by Crippen LogP contribution is 2.38. The molecule has 2 aromatic carbocycles. The summed E-state index contributed by atoms with van der Waals surface area (Å²) in [5.74, 6) is -0.0375. The van der Waals surface area contributed by atoms with Crippen LogP contribution >= 0.6 is 0 Å². The number of benzene rings is 2. The number of ether oxygens (including phenoxy) is 2. The van der Waals surface area contributed by atoms with E-state index in [1.54, 1.807) is 18.2 Å². The molecule has 1 heterocycles. The molecule has 1 amide bonds. The van der Waals surface area contributed by atoms with Crippen molar-refractivity contribution < 1.29 is 28.0 Å². The van der Waals surface area contributed by atoms with Gasteiger partial charge in [0.05, 0.1) is 18.3 Å². The molecule has 0 aromatic heterocycles. The summed E-state index contributed by atoms with van der Waals surface area (Å²) in [6.07, 6.45) is 1.03. The van der Waals surface area contributed by atoms with Crippen LogP contribution in [0.3, 0.4) is 0 Å². The lowest BCUT2D eigenvalue weighted by Gasteiger charge is -2.32. The average Bonchev–Trinajstić information content (AvgIpc) is 2.98. The normalized spacial score (nSPS) is 17.2.